The van der Waals surface area contributed by atoms with Crippen molar-refractivity contribution in [3.8, 4) is 0 Å². The van der Waals surface area contributed by atoms with Crippen molar-refractivity contribution < 1.29 is 9.90 Å². The van der Waals surface area contributed by atoms with Crippen LogP contribution in [0, 0.1) is 6.92 Å². The van der Waals surface area contributed by atoms with Gasteiger partial charge in [0.1, 0.15) is 5.82 Å². The van der Waals surface area contributed by atoms with E-state index in [1.54, 1.807) is 17.5 Å². The van der Waals surface area contributed by atoms with Gasteiger partial charge in [0.05, 0.1) is 5.75 Å². The molecule has 0 bridgehead atoms. The Bertz CT molecular complexity index is 598. The summed E-state index contributed by atoms with van der Waals surface area (Å²) in [6.07, 6.45) is 2.38. The van der Waals surface area contributed by atoms with Gasteiger partial charge in [0, 0.05) is 23.1 Å². The van der Waals surface area contributed by atoms with E-state index in [0.29, 0.717) is 17.4 Å². The summed E-state index contributed by atoms with van der Waals surface area (Å²) in [5.41, 5.74) is 7.98. The first-order valence-corrected chi connectivity index (χ1v) is 7.41. The number of aromatic nitrogens is 2. The third-order valence-corrected chi connectivity index (χ3v) is 4.39. The van der Waals surface area contributed by atoms with Crippen LogP contribution >= 0.6 is 23.1 Å². The lowest BCUT2D eigenvalue weighted by Gasteiger charge is -2.05. The van der Waals surface area contributed by atoms with Crippen molar-refractivity contribution in [2.24, 2.45) is 0 Å². The zero-order valence-corrected chi connectivity index (χ0v) is 11.9. The van der Waals surface area contributed by atoms with Gasteiger partial charge in [0.25, 0.3) is 0 Å². The topological polar surface area (TPSA) is 89.1 Å². The number of thiophene rings is 1. The van der Waals surface area contributed by atoms with Gasteiger partial charge in [-0.25, -0.2) is 9.97 Å². The minimum Gasteiger partial charge on any atom is -0.481 e. The summed E-state index contributed by atoms with van der Waals surface area (Å²) < 4.78 is 0. The average molecular weight is 295 g/mol. The van der Waals surface area contributed by atoms with Gasteiger partial charge in [-0.15, -0.1) is 11.3 Å². The summed E-state index contributed by atoms with van der Waals surface area (Å²) in [7, 11) is 0. The highest BCUT2D eigenvalue weighted by Gasteiger charge is 2.09. The highest BCUT2D eigenvalue weighted by molar-refractivity contribution is 7.99. The molecular weight excluding hydrogens is 282 g/mol. The van der Waals surface area contributed by atoms with Crippen molar-refractivity contribution >= 4 is 34.9 Å². The summed E-state index contributed by atoms with van der Waals surface area (Å²) in [6.45, 7) is 2.06. The number of hydrogen-bond acceptors (Lipinski definition) is 6. The second-order valence-corrected chi connectivity index (χ2v) is 5.89. The van der Waals surface area contributed by atoms with Crippen LogP contribution in [0.25, 0.3) is 0 Å². The molecule has 2 rings (SSSR count). The zero-order valence-electron chi connectivity index (χ0n) is 10.3. The number of carboxylic acids is 1. The van der Waals surface area contributed by atoms with E-state index in [2.05, 4.69) is 23.0 Å². The van der Waals surface area contributed by atoms with E-state index in [1.807, 2.05) is 5.38 Å². The third kappa shape index (κ3) is 3.68. The fraction of sp³-hybridized carbons (Fsp3) is 0.250. The molecule has 0 amide bonds. The van der Waals surface area contributed by atoms with E-state index < -0.39 is 5.97 Å². The monoisotopic (exact) mass is 295 g/mol. The van der Waals surface area contributed by atoms with Crippen molar-refractivity contribution in [3.05, 3.63) is 33.6 Å². The van der Waals surface area contributed by atoms with Crippen LogP contribution in [0.2, 0.25) is 0 Å². The van der Waals surface area contributed by atoms with Crippen molar-refractivity contribution in [2.45, 2.75) is 18.5 Å². The van der Waals surface area contributed by atoms with Crippen LogP contribution in [0.1, 0.15) is 16.0 Å². The van der Waals surface area contributed by atoms with E-state index in [1.165, 1.54) is 10.4 Å². The van der Waals surface area contributed by atoms with Crippen LogP contribution in [-0.4, -0.2) is 26.8 Å². The highest BCUT2D eigenvalue weighted by atomic mass is 32.2. The first kappa shape index (κ1) is 13.8. The number of hydrogen-bond donors (Lipinski definition) is 2. The smallest absolute Gasteiger partial charge is 0.313 e. The van der Waals surface area contributed by atoms with E-state index in [4.69, 9.17) is 10.8 Å². The number of rotatable bonds is 5. The van der Waals surface area contributed by atoms with Crippen LogP contribution in [0.15, 0.2) is 22.8 Å². The van der Waals surface area contributed by atoms with Crippen molar-refractivity contribution in [1.29, 1.82) is 0 Å². The van der Waals surface area contributed by atoms with Crippen LogP contribution in [-0.2, 0) is 11.2 Å². The number of thioether (sulfide) groups is 1. The molecule has 0 atom stereocenters. The number of nitrogens with zero attached hydrogens (tertiary/aromatic N) is 2. The van der Waals surface area contributed by atoms with Gasteiger partial charge in [-0.2, -0.15) is 0 Å². The molecule has 0 saturated heterocycles. The molecule has 0 radical (unpaired) electrons. The maximum absolute atomic E-state index is 10.5. The molecule has 100 valence electrons. The Kier molecular flexibility index (Phi) is 4.39. The quantitative estimate of drug-likeness (QED) is 0.649. The van der Waals surface area contributed by atoms with Gasteiger partial charge < -0.3 is 10.8 Å². The minimum absolute atomic E-state index is 0.0666. The molecule has 0 unspecified atom stereocenters. The maximum Gasteiger partial charge on any atom is 0.313 e. The minimum atomic E-state index is -0.898. The third-order valence-electron chi connectivity index (χ3n) is 2.52. The Morgan fingerprint density at radius 1 is 1.58 bits per heavy atom. The lowest BCUT2D eigenvalue weighted by atomic mass is 10.1. The first-order valence-electron chi connectivity index (χ1n) is 5.55. The van der Waals surface area contributed by atoms with Crippen LogP contribution < -0.4 is 5.73 Å². The van der Waals surface area contributed by atoms with Crippen LogP contribution in [0.5, 0.6) is 0 Å². The first-order chi connectivity index (χ1) is 9.06. The number of aliphatic carboxylic acids is 1. The zero-order chi connectivity index (χ0) is 13.8. The number of carboxylic acid groups (broad SMARTS) is 1. The molecule has 0 fully saturated rings. The fourth-order valence-electron chi connectivity index (χ4n) is 1.49. The van der Waals surface area contributed by atoms with Gasteiger partial charge in [-0.3, -0.25) is 4.79 Å². The molecule has 2 heterocycles. The molecule has 19 heavy (non-hydrogen) atoms. The van der Waals surface area contributed by atoms with Crippen molar-refractivity contribution in [1.82, 2.24) is 9.97 Å². The molecule has 0 saturated carbocycles. The standard InChI is InChI=1S/C12H13N3O2S2/c1-7-2-3-18-9(7)4-8-5-14-12(15-11(8)13)19-6-10(16)17/h2-3,5H,4,6H2,1H3,(H,16,17)(H2,13,14,15). The normalized spacial score (nSPS) is 10.6. The van der Waals surface area contributed by atoms with Crippen LogP contribution in [0.3, 0.4) is 0 Å². The summed E-state index contributed by atoms with van der Waals surface area (Å²) in [5, 5.41) is 11.0. The molecule has 2 aromatic rings. The van der Waals surface area contributed by atoms with Gasteiger partial charge in [0.15, 0.2) is 5.16 Å². The molecule has 3 N–H and O–H groups in total. The molecule has 5 nitrogen and oxygen atoms in total. The van der Waals surface area contributed by atoms with Crippen LogP contribution in [0.4, 0.5) is 5.82 Å². The molecule has 0 aliphatic carbocycles. The second kappa shape index (κ2) is 6.03. The number of nitrogen functional groups attached to an aromatic ring is 1. The largest absolute Gasteiger partial charge is 0.481 e. The molecule has 0 aromatic carbocycles. The van der Waals surface area contributed by atoms with Gasteiger partial charge in [-0.1, -0.05) is 11.8 Å². The average Bonchev–Trinajstić information content (AvgIpc) is 2.75. The summed E-state index contributed by atoms with van der Waals surface area (Å²) in [6, 6.07) is 2.06. The molecule has 0 spiro atoms. The molecule has 0 aliphatic rings. The summed E-state index contributed by atoms with van der Waals surface area (Å²) >= 11 is 2.74. The van der Waals surface area contributed by atoms with E-state index in [0.717, 1.165) is 17.3 Å². The maximum atomic E-state index is 10.5. The lowest BCUT2D eigenvalue weighted by Crippen LogP contribution is -2.04. The van der Waals surface area contributed by atoms with E-state index >= 15 is 0 Å². The molecule has 0 aliphatic heterocycles. The number of anilines is 1. The molecular formula is C12H13N3O2S2. The van der Waals surface area contributed by atoms with Crippen molar-refractivity contribution in [2.75, 3.05) is 11.5 Å². The summed E-state index contributed by atoms with van der Waals surface area (Å²) in [5.74, 6) is -0.552. The molecule has 2 aromatic heterocycles. The lowest BCUT2D eigenvalue weighted by molar-refractivity contribution is -0.133. The Hall–Kier alpha value is -1.60. The van der Waals surface area contributed by atoms with Gasteiger partial charge in [0.2, 0.25) is 0 Å². The van der Waals surface area contributed by atoms with Gasteiger partial charge in [-0.05, 0) is 23.9 Å². The fourth-order valence-corrected chi connectivity index (χ4v) is 2.97. The van der Waals surface area contributed by atoms with E-state index in [-0.39, 0.29) is 5.75 Å². The van der Waals surface area contributed by atoms with Gasteiger partial charge >= 0.3 is 5.97 Å². The van der Waals surface area contributed by atoms with E-state index in [9.17, 15) is 4.79 Å². The number of aryl methyl sites for hydroxylation is 1. The number of nitrogens with two attached hydrogens (primary N) is 1. The predicted molar refractivity (Wildman–Crippen MR) is 76.7 cm³/mol. The Morgan fingerprint density at radius 3 is 2.95 bits per heavy atom. The van der Waals surface area contributed by atoms with Crippen molar-refractivity contribution in [3.63, 3.8) is 0 Å². The highest BCUT2D eigenvalue weighted by Crippen LogP contribution is 2.23. The Balaban J connectivity index is 2.11. The SMILES string of the molecule is Cc1ccsc1Cc1cnc(SCC(=O)O)nc1N. The Labute approximate surface area is 118 Å². The molecule has 7 heteroatoms. The predicted octanol–water partition coefficient (Wildman–Crippen LogP) is 2.20. The second-order valence-electron chi connectivity index (χ2n) is 3.95. The number of carbonyl (C=O) groups is 1. The Morgan fingerprint density at radius 2 is 2.37 bits per heavy atom. The summed E-state index contributed by atoms with van der Waals surface area (Å²) in [4.78, 5) is 20.0.